The van der Waals surface area contributed by atoms with Crippen LogP contribution < -0.4 is 0 Å². The van der Waals surface area contributed by atoms with Gasteiger partial charge in [0, 0.05) is 37.5 Å². The number of hydrogen-bond acceptors (Lipinski definition) is 5. The Morgan fingerprint density at radius 1 is 1.31 bits per heavy atom. The monoisotopic (exact) mass is 391 g/mol. The van der Waals surface area contributed by atoms with Crippen LogP contribution in [0.4, 0.5) is 0 Å². The molecular weight excluding hydrogens is 366 g/mol. The molecule has 3 heterocycles. The van der Waals surface area contributed by atoms with Crippen LogP contribution in [0.15, 0.2) is 41.1 Å². The maximum Gasteiger partial charge on any atom is 0.235 e. The quantitative estimate of drug-likeness (QED) is 0.683. The summed E-state index contributed by atoms with van der Waals surface area (Å²) >= 11 is 0. The van der Waals surface area contributed by atoms with Crippen LogP contribution in [0.1, 0.15) is 36.4 Å². The first-order valence-electron chi connectivity index (χ1n) is 10.2. The van der Waals surface area contributed by atoms with Gasteiger partial charge >= 0.3 is 0 Å². The maximum atomic E-state index is 13.0. The van der Waals surface area contributed by atoms with E-state index < -0.39 is 0 Å². The van der Waals surface area contributed by atoms with E-state index >= 15 is 0 Å². The highest BCUT2D eigenvalue weighted by Crippen LogP contribution is 2.50. The van der Waals surface area contributed by atoms with E-state index in [9.17, 15) is 4.79 Å². The van der Waals surface area contributed by atoms with Gasteiger partial charge in [0.05, 0.1) is 17.5 Å². The van der Waals surface area contributed by atoms with Gasteiger partial charge in [0.2, 0.25) is 17.6 Å². The van der Waals surface area contributed by atoms with Crippen molar-refractivity contribution < 1.29 is 9.32 Å². The molecule has 1 aromatic carbocycles. The first-order valence-corrected chi connectivity index (χ1v) is 10.2. The first kappa shape index (κ1) is 18.1. The van der Waals surface area contributed by atoms with Gasteiger partial charge in [-0.2, -0.15) is 10.1 Å². The molecule has 0 N–H and O–H groups in total. The highest BCUT2D eigenvalue weighted by molar-refractivity contribution is 5.79. The molecule has 7 heteroatoms. The van der Waals surface area contributed by atoms with Crippen LogP contribution in [0, 0.1) is 12.8 Å². The zero-order chi connectivity index (χ0) is 20.0. The molecular formula is C22H25N5O2. The Labute approximate surface area is 169 Å². The van der Waals surface area contributed by atoms with Crippen LogP contribution in [0.25, 0.3) is 11.4 Å². The van der Waals surface area contributed by atoms with Crippen molar-refractivity contribution in [2.24, 2.45) is 13.0 Å². The molecule has 0 spiro atoms. The van der Waals surface area contributed by atoms with Crippen LogP contribution in [-0.2, 0) is 23.7 Å². The molecule has 7 nitrogen and oxygen atoms in total. The van der Waals surface area contributed by atoms with Crippen LogP contribution in [0.5, 0.6) is 0 Å². The number of fused-ring (bicyclic) bond motifs is 1. The zero-order valence-electron chi connectivity index (χ0n) is 16.8. The molecule has 2 aromatic heterocycles. The van der Waals surface area contributed by atoms with Crippen LogP contribution >= 0.6 is 0 Å². The second kappa shape index (κ2) is 6.83. The molecule has 2 atom stereocenters. The Morgan fingerprint density at radius 3 is 2.90 bits per heavy atom. The minimum Gasteiger partial charge on any atom is -0.341 e. The number of hydrogen-bond donors (Lipinski definition) is 0. The third-order valence-corrected chi connectivity index (χ3v) is 6.56. The van der Waals surface area contributed by atoms with Crippen molar-refractivity contribution in [1.29, 1.82) is 0 Å². The zero-order valence-corrected chi connectivity index (χ0v) is 16.8. The lowest BCUT2D eigenvalue weighted by molar-refractivity contribution is -0.129. The molecule has 3 aromatic rings. The minimum absolute atomic E-state index is 0.151. The van der Waals surface area contributed by atoms with Gasteiger partial charge in [0.25, 0.3) is 0 Å². The summed E-state index contributed by atoms with van der Waals surface area (Å²) in [6.07, 6.45) is 5.55. The average Bonchev–Trinajstić information content (AvgIpc) is 3.45. The molecule has 1 aliphatic heterocycles. The summed E-state index contributed by atoms with van der Waals surface area (Å²) in [6, 6.07) is 9.88. The molecule has 2 fully saturated rings. The highest BCUT2D eigenvalue weighted by atomic mass is 16.5. The lowest BCUT2D eigenvalue weighted by Crippen LogP contribution is -2.35. The van der Waals surface area contributed by atoms with Gasteiger partial charge in [-0.25, -0.2) is 0 Å². The standard InChI is InChI=1S/C22H25N5O2/c1-15-17(12-26(2)24-15)11-19(28)27-13-18-9-6-10-22(18,14-27)21-23-20(25-29-21)16-7-4-3-5-8-16/h3-5,7-8,12,18H,6,9-11,13-14H2,1-2H3/t18-,22-/m1/s1. The molecule has 1 saturated heterocycles. The topological polar surface area (TPSA) is 77.1 Å². The van der Waals surface area contributed by atoms with E-state index in [-0.39, 0.29) is 11.3 Å². The number of aryl methyl sites for hydroxylation is 2. The smallest absolute Gasteiger partial charge is 0.235 e. The van der Waals surface area contributed by atoms with Gasteiger partial charge in [-0.1, -0.05) is 41.9 Å². The van der Waals surface area contributed by atoms with E-state index in [0.717, 1.165) is 42.6 Å². The third kappa shape index (κ3) is 3.05. The Hall–Kier alpha value is -2.96. The summed E-state index contributed by atoms with van der Waals surface area (Å²) in [5.74, 6) is 1.84. The van der Waals surface area contributed by atoms with E-state index in [1.165, 1.54) is 0 Å². The molecule has 5 rings (SSSR count). The largest absolute Gasteiger partial charge is 0.341 e. The van der Waals surface area contributed by atoms with Gasteiger partial charge in [-0.15, -0.1) is 0 Å². The third-order valence-electron chi connectivity index (χ3n) is 6.56. The van der Waals surface area contributed by atoms with E-state index in [0.29, 0.717) is 30.6 Å². The molecule has 0 bridgehead atoms. The van der Waals surface area contributed by atoms with Crippen molar-refractivity contribution in [3.8, 4) is 11.4 Å². The Morgan fingerprint density at radius 2 is 2.14 bits per heavy atom. The number of carbonyl (C=O) groups is 1. The number of benzene rings is 1. The van der Waals surface area contributed by atoms with Crippen LogP contribution in [0.3, 0.4) is 0 Å². The molecule has 0 radical (unpaired) electrons. The van der Waals surface area contributed by atoms with Crippen molar-refractivity contribution in [3.63, 3.8) is 0 Å². The number of nitrogens with zero attached hydrogens (tertiary/aromatic N) is 5. The van der Waals surface area contributed by atoms with E-state index in [4.69, 9.17) is 9.51 Å². The van der Waals surface area contributed by atoms with Gasteiger partial charge in [-0.05, 0) is 25.7 Å². The van der Waals surface area contributed by atoms with Crippen molar-refractivity contribution in [2.45, 2.75) is 38.0 Å². The number of carbonyl (C=O) groups excluding carboxylic acids is 1. The lowest BCUT2D eigenvalue weighted by atomic mass is 9.80. The number of likely N-dealkylation sites (tertiary alicyclic amines) is 1. The molecule has 0 unspecified atom stereocenters. The number of amides is 1. The summed E-state index contributed by atoms with van der Waals surface area (Å²) in [5.41, 5.74) is 2.65. The Kier molecular flexibility index (Phi) is 4.26. The number of aromatic nitrogens is 4. The van der Waals surface area contributed by atoms with Crippen molar-refractivity contribution in [2.75, 3.05) is 13.1 Å². The fourth-order valence-electron chi connectivity index (χ4n) is 5.06. The van der Waals surface area contributed by atoms with E-state index in [2.05, 4.69) is 10.3 Å². The van der Waals surface area contributed by atoms with E-state index in [1.54, 1.807) is 4.68 Å². The molecule has 2 aliphatic rings. The molecule has 1 amide bonds. The van der Waals surface area contributed by atoms with Gasteiger partial charge < -0.3 is 9.42 Å². The fourth-order valence-corrected chi connectivity index (χ4v) is 5.06. The highest BCUT2D eigenvalue weighted by Gasteiger charge is 2.55. The summed E-state index contributed by atoms with van der Waals surface area (Å²) in [5, 5.41) is 8.59. The maximum absolute atomic E-state index is 13.0. The fraction of sp³-hybridized carbons (Fsp3) is 0.455. The predicted octanol–water partition coefficient (Wildman–Crippen LogP) is 2.90. The summed E-state index contributed by atoms with van der Waals surface area (Å²) in [6.45, 7) is 3.37. The summed E-state index contributed by atoms with van der Waals surface area (Å²) < 4.78 is 7.53. The number of rotatable bonds is 4. The van der Waals surface area contributed by atoms with Gasteiger partial charge in [0.15, 0.2) is 0 Å². The summed E-state index contributed by atoms with van der Waals surface area (Å²) in [7, 11) is 1.89. The second-order valence-corrected chi connectivity index (χ2v) is 8.40. The Bertz CT molecular complexity index is 1040. The second-order valence-electron chi connectivity index (χ2n) is 8.40. The average molecular weight is 391 g/mol. The van der Waals surface area contributed by atoms with Crippen molar-refractivity contribution in [3.05, 3.63) is 53.7 Å². The van der Waals surface area contributed by atoms with E-state index in [1.807, 2.05) is 55.4 Å². The lowest BCUT2D eigenvalue weighted by Gasteiger charge is -2.24. The first-order chi connectivity index (χ1) is 14.0. The molecule has 150 valence electrons. The molecule has 1 saturated carbocycles. The van der Waals surface area contributed by atoms with Gasteiger partial charge in [-0.3, -0.25) is 9.48 Å². The van der Waals surface area contributed by atoms with Crippen molar-refractivity contribution >= 4 is 5.91 Å². The normalized spacial score (nSPS) is 23.5. The Balaban J connectivity index is 1.38. The van der Waals surface area contributed by atoms with Crippen LogP contribution in [0.2, 0.25) is 0 Å². The van der Waals surface area contributed by atoms with Crippen molar-refractivity contribution in [1.82, 2.24) is 24.8 Å². The predicted molar refractivity (Wildman–Crippen MR) is 107 cm³/mol. The minimum atomic E-state index is -0.209. The molecule has 29 heavy (non-hydrogen) atoms. The van der Waals surface area contributed by atoms with Gasteiger partial charge in [0.1, 0.15) is 0 Å². The SMILES string of the molecule is Cc1nn(C)cc1CC(=O)N1C[C@H]2CCC[C@@]2(c2nc(-c3ccccc3)no2)C1. The molecule has 1 aliphatic carbocycles. The summed E-state index contributed by atoms with van der Waals surface area (Å²) in [4.78, 5) is 19.8. The van der Waals surface area contributed by atoms with Crippen LogP contribution in [-0.4, -0.2) is 43.8 Å².